The van der Waals surface area contributed by atoms with Crippen molar-refractivity contribution in [2.45, 2.75) is 25.8 Å². The van der Waals surface area contributed by atoms with Gasteiger partial charge in [-0.1, -0.05) is 10.6 Å². The van der Waals surface area contributed by atoms with Crippen molar-refractivity contribution in [1.82, 2.24) is 9.59 Å². The fourth-order valence-corrected chi connectivity index (χ4v) is 1.68. The van der Waals surface area contributed by atoms with Gasteiger partial charge in [-0.25, -0.2) is 0 Å². The third kappa shape index (κ3) is 2.12. The maximum atomic E-state index is 5.91. The van der Waals surface area contributed by atoms with E-state index in [4.69, 9.17) is 5.73 Å². The van der Waals surface area contributed by atoms with Crippen LogP contribution in [0.4, 0.5) is 0 Å². The summed E-state index contributed by atoms with van der Waals surface area (Å²) in [7, 11) is 0. The Hall–Kier alpha value is -0.740. The summed E-state index contributed by atoms with van der Waals surface area (Å²) in [5.41, 5.74) is 6.86. The van der Waals surface area contributed by atoms with Gasteiger partial charge < -0.3 is 5.73 Å². The number of nitrogens with zero attached hydrogens (tertiary/aromatic N) is 2. The molecule has 12 heavy (non-hydrogen) atoms. The number of hydrogen-bond donors (Lipinski definition) is 1. The highest BCUT2D eigenvalue weighted by Gasteiger charge is 2.11. The fourth-order valence-electron chi connectivity index (χ4n) is 1.01. The van der Waals surface area contributed by atoms with E-state index in [1.807, 2.05) is 13.0 Å². The zero-order valence-electron chi connectivity index (χ0n) is 7.16. The molecule has 0 aliphatic rings. The Balaban J connectivity index is 2.58. The van der Waals surface area contributed by atoms with Crippen molar-refractivity contribution >= 4 is 11.5 Å². The molecular formula is C8H13N3S. The predicted molar refractivity (Wildman–Crippen MR) is 51.0 cm³/mol. The summed E-state index contributed by atoms with van der Waals surface area (Å²) in [5, 5.41) is 3.91. The predicted octanol–water partition coefficient (Wildman–Crippen LogP) is 1.81. The Bertz CT molecular complexity index is 257. The second kappa shape index (κ2) is 4.33. The van der Waals surface area contributed by atoms with Gasteiger partial charge in [-0.05, 0) is 31.3 Å². The zero-order valence-corrected chi connectivity index (χ0v) is 7.97. The van der Waals surface area contributed by atoms with Crippen LogP contribution in [0.25, 0.3) is 0 Å². The summed E-state index contributed by atoms with van der Waals surface area (Å²) >= 11 is 1.39. The lowest BCUT2D eigenvalue weighted by Gasteiger charge is -2.06. The molecule has 0 saturated heterocycles. The molecule has 1 heterocycles. The lowest BCUT2D eigenvalue weighted by Crippen LogP contribution is -2.09. The smallest absolute Gasteiger partial charge is 0.0772 e. The first-order chi connectivity index (χ1) is 5.75. The van der Waals surface area contributed by atoms with Crippen LogP contribution in [0.15, 0.2) is 12.7 Å². The van der Waals surface area contributed by atoms with Gasteiger partial charge in [-0.3, -0.25) is 0 Å². The third-order valence-corrected chi connectivity index (χ3v) is 2.66. The number of hydrogen-bond acceptors (Lipinski definition) is 4. The van der Waals surface area contributed by atoms with E-state index in [0.717, 1.165) is 23.4 Å². The Morgan fingerprint density at radius 3 is 3.00 bits per heavy atom. The van der Waals surface area contributed by atoms with Gasteiger partial charge in [0.2, 0.25) is 0 Å². The van der Waals surface area contributed by atoms with Gasteiger partial charge in [-0.2, -0.15) is 0 Å². The van der Waals surface area contributed by atoms with Crippen molar-refractivity contribution in [2.75, 3.05) is 0 Å². The maximum Gasteiger partial charge on any atom is 0.0772 e. The van der Waals surface area contributed by atoms with Gasteiger partial charge in [0.1, 0.15) is 0 Å². The summed E-state index contributed by atoms with van der Waals surface area (Å²) in [6.45, 7) is 5.59. The average molecular weight is 183 g/mol. The molecule has 0 aliphatic carbocycles. The first-order valence-electron chi connectivity index (χ1n) is 3.91. The molecule has 3 nitrogen and oxygen atoms in total. The zero-order chi connectivity index (χ0) is 8.97. The van der Waals surface area contributed by atoms with Crippen LogP contribution in [0.2, 0.25) is 0 Å². The van der Waals surface area contributed by atoms with Crippen molar-refractivity contribution in [2.24, 2.45) is 5.73 Å². The van der Waals surface area contributed by atoms with Gasteiger partial charge in [-0.15, -0.1) is 11.7 Å². The van der Waals surface area contributed by atoms with Crippen LogP contribution in [0.1, 0.15) is 29.5 Å². The maximum absolute atomic E-state index is 5.91. The lowest BCUT2D eigenvalue weighted by atomic mass is 10.1. The standard InChI is InChI=1S/C8H13N3S/c1-3-4-5-7(9)8-6(2)10-11-12-8/h3,7H,1,4-5,9H2,2H3. The minimum Gasteiger partial charge on any atom is -0.323 e. The molecule has 0 saturated carbocycles. The second-order valence-electron chi connectivity index (χ2n) is 2.70. The number of aromatic nitrogens is 2. The third-order valence-electron chi connectivity index (χ3n) is 1.71. The molecule has 1 aromatic rings. The van der Waals surface area contributed by atoms with E-state index in [2.05, 4.69) is 16.2 Å². The Labute approximate surface area is 76.5 Å². The van der Waals surface area contributed by atoms with Crippen LogP contribution >= 0.6 is 11.5 Å². The van der Waals surface area contributed by atoms with E-state index < -0.39 is 0 Å². The topological polar surface area (TPSA) is 51.8 Å². The van der Waals surface area contributed by atoms with Crippen molar-refractivity contribution < 1.29 is 0 Å². The first-order valence-corrected chi connectivity index (χ1v) is 4.68. The quantitative estimate of drug-likeness (QED) is 0.724. The van der Waals surface area contributed by atoms with E-state index in [1.54, 1.807) is 0 Å². The van der Waals surface area contributed by atoms with Crippen LogP contribution in [0.5, 0.6) is 0 Å². The van der Waals surface area contributed by atoms with E-state index in [9.17, 15) is 0 Å². The van der Waals surface area contributed by atoms with Crippen LogP contribution in [-0.4, -0.2) is 9.59 Å². The monoisotopic (exact) mass is 183 g/mol. The van der Waals surface area contributed by atoms with Gasteiger partial charge >= 0.3 is 0 Å². The molecule has 1 aromatic heterocycles. The van der Waals surface area contributed by atoms with Crippen LogP contribution < -0.4 is 5.73 Å². The molecule has 0 fully saturated rings. The number of rotatable bonds is 4. The van der Waals surface area contributed by atoms with Gasteiger partial charge in [0, 0.05) is 6.04 Å². The van der Waals surface area contributed by atoms with Crippen molar-refractivity contribution in [3.05, 3.63) is 23.2 Å². The second-order valence-corrected chi connectivity index (χ2v) is 3.48. The SMILES string of the molecule is C=CCCC(N)c1snnc1C. The highest BCUT2D eigenvalue weighted by atomic mass is 32.1. The van der Waals surface area contributed by atoms with Gasteiger partial charge in [0.15, 0.2) is 0 Å². The molecule has 0 aliphatic heterocycles. The summed E-state index contributed by atoms with van der Waals surface area (Å²) < 4.78 is 3.84. The molecule has 0 bridgehead atoms. The highest BCUT2D eigenvalue weighted by molar-refractivity contribution is 7.05. The Morgan fingerprint density at radius 1 is 1.75 bits per heavy atom. The average Bonchev–Trinajstić information content (AvgIpc) is 2.47. The molecule has 1 unspecified atom stereocenters. The molecule has 0 amide bonds. The van der Waals surface area contributed by atoms with Crippen LogP contribution in [0, 0.1) is 6.92 Å². The summed E-state index contributed by atoms with van der Waals surface area (Å²) in [6, 6.07) is 0.0722. The number of aryl methyl sites for hydroxylation is 1. The van der Waals surface area contributed by atoms with Gasteiger partial charge in [0.05, 0.1) is 10.6 Å². The number of allylic oxidation sites excluding steroid dienone is 1. The number of nitrogens with two attached hydrogens (primary N) is 1. The Kier molecular flexibility index (Phi) is 3.37. The van der Waals surface area contributed by atoms with Crippen LogP contribution in [0.3, 0.4) is 0 Å². The minimum atomic E-state index is 0.0722. The van der Waals surface area contributed by atoms with Crippen molar-refractivity contribution in [1.29, 1.82) is 0 Å². The minimum absolute atomic E-state index is 0.0722. The van der Waals surface area contributed by atoms with Gasteiger partial charge in [0.25, 0.3) is 0 Å². The van der Waals surface area contributed by atoms with Crippen LogP contribution in [-0.2, 0) is 0 Å². The molecule has 66 valence electrons. The molecule has 0 aromatic carbocycles. The van der Waals surface area contributed by atoms with Crippen molar-refractivity contribution in [3.8, 4) is 0 Å². The normalized spacial score (nSPS) is 12.8. The molecule has 0 spiro atoms. The summed E-state index contributed by atoms with van der Waals surface area (Å²) in [6.07, 6.45) is 3.75. The van der Waals surface area contributed by atoms with E-state index in [1.165, 1.54) is 11.5 Å². The van der Waals surface area contributed by atoms with Crippen molar-refractivity contribution in [3.63, 3.8) is 0 Å². The molecule has 0 radical (unpaired) electrons. The molecular weight excluding hydrogens is 170 g/mol. The highest BCUT2D eigenvalue weighted by Crippen LogP contribution is 2.21. The molecule has 2 N–H and O–H groups in total. The molecule has 1 rings (SSSR count). The molecule has 4 heteroatoms. The summed E-state index contributed by atoms with van der Waals surface area (Å²) in [5.74, 6) is 0. The fraction of sp³-hybridized carbons (Fsp3) is 0.500. The van der Waals surface area contributed by atoms with E-state index in [-0.39, 0.29) is 6.04 Å². The van der Waals surface area contributed by atoms with E-state index >= 15 is 0 Å². The Morgan fingerprint density at radius 2 is 2.50 bits per heavy atom. The lowest BCUT2D eigenvalue weighted by molar-refractivity contribution is 0.667. The first kappa shape index (κ1) is 9.35. The summed E-state index contributed by atoms with van der Waals surface area (Å²) in [4.78, 5) is 1.09. The van der Waals surface area contributed by atoms with E-state index in [0.29, 0.717) is 0 Å². The largest absolute Gasteiger partial charge is 0.323 e. The molecule has 1 atom stereocenters.